The standard InChI is InChI=1S/C12H14N2O5/c1-8(12(16)17)13(2)11(15)7-9-4-3-5-10(6-9)14(18)19/h3-6,8H,7H2,1-2H3,(H,16,17). The van der Waals surface area contributed by atoms with Crippen LogP contribution < -0.4 is 0 Å². The molecule has 19 heavy (non-hydrogen) atoms. The van der Waals surface area contributed by atoms with Crippen LogP contribution in [0, 0.1) is 10.1 Å². The van der Waals surface area contributed by atoms with Gasteiger partial charge in [-0.2, -0.15) is 0 Å². The lowest BCUT2D eigenvalue weighted by atomic mass is 10.1. The van der Waals surface area contributed by atoms with Crippen molar-refractivity contribution in [1.29, 1.82) is 0 Å². The zero-order valence-corrected chi connectivity index (χ0v) is 10.6. The summed E-state index contributed by atoms with van der Waals surface area (Å²) in [4.78, 5) is 33.7. The molecule has 0 heterocycles. The van der Waals surface area contributed by atoms with Crippen LogP contribution in [0.25, 0.3) is 0 Å². The molecule has 0 aliphatic rings. The normalized spacial score (nSPS) is 11.7. The molecule has 1 N–H and O–H groups in total. The Hall–Kier alpha value is -2.44. The lowest BCUT2D eigenvalue weighted by Crippen LogP contribution is -2.41. The van der Waals surface area contributed by atoms with E-state index in [1.165, 1.54) is 32.2 Å². The SMILES string of the molecule is CC(C(=O)O)N(C)C(=O)Cc1cccc([N+](=O)[O-])c1. The number of nitrogens with zero attached hydrogens (tertiary/aromatic N) is 2. The topological polar surface area (TPSA) is 101 Å². The van der Waals surface area contributed by atoms with Crippen molar-refractivity contribution >= 4 is 17.6 Å². The largest absolute Gasteiger partial charge is 0.480 e. The highest BCUT2D eigenvalue weighted by molar-refractivity contribution is 5.84. The average Bonchev–Trinajstić information content (AvgIpc) is 2.37. The predicted molar refractivity (Wildman–Crippen MR) is 66.7 cm³/mol. The van der Waals surface area contributed by atoms with Gasteiger partial charge in [-0.3, -0.25) is 14.9 Å². The smallest absolute Gasteiger partial charge is 0.326 e. The predicted octanol–water partition coefficient (Wildman–Crippen LogP) is 1.07. The second-order valence-corrected chi connectivity index (χ2v) is 4.12. The molecule has 0 fully saturated rings. The monoisotopic (exact) mass is 266 g/mol. The minimum atomic E-state index is -1.10. The Balaban J connectivity index is 2.79. The summed E-state index contributed by atoms with van der Waals surface area (Å²) in [6.45, 7) is 1.40. The van der Waals surface area contributed by atoms with Gasteiger partial charge in [0.25, 0.3) is 5.69 Å². The van der Waals surface area contributed by atoms with Crippen LogP contribution in [0.15, 0.2) is 24.3 Å². The Kier molecular flexibility index (Phi) is 4.57. The van der Waals surface area contributed by atoms with Crippen molar-refractivity contribution in [2.75, 3.05) is 7.05 Å². The van der Waals surface area contributed by atoms with Crippen molar-refractivity contribution in [3.05, 3.63) is 39.9 Å². The van der Waals surface area contributed by atoms with Crippen molar-refractivity contribution in [3.63, 3.8) is 0 Å². The quantitative estimate of drug-likeness (QED) is 0.634. The van der Waals surface area contributed by atoms with E-state index in [2.05, 4.69) is 0 Å². The number of hydrogen-bond donors (Lipinski definition) is 1. The van der Waals surface area contributed by atoms with E-state index in [0.717, 1.165) is 4.90 Å². The lowest BCUT2D eigenvalue weighted by molar-refractivity contribution is -0.384. The summed E-state index contributed by atoms with van der Waals surface area (Å²) in [5.41, 5.74) is 0.378. The molecule has 1 unspecified atom stereocenters. The minimum absolute atomic E-state index is 0.0736. The average molecular weight is 266 g/mol. The zero-order chi connectivity index (χ0) is 14.6. The van der Waals surface area contributed by atoms with Gasteiger partial charge in [0, 0.05) is 19.2 Å². The molecule has 0 saturated carbocycles. The number of aliphatic carboxylic acids is 1. The highest BCUT2D eigenvalue weighted by Crippen LogP contribution is 2.14. The van der Waals surface area contributed by atoms with Crippen molar-refractivity contribution in [3.8, 4) is 0 Å². The Morgan fingerprint density at radius 2 is 2.11 bits per heavy atom. The Labute approximate surface area is 109 Å². The maximum Gasteiger partial charge on any atom is 0.326 e. The first-order valence-electron chi connectivity index (χ1n) is 5.54. The van der Waals surface area contributed by atoms with Gasteiger partial charge >= 0.3 is 5.97 Å². The van der Waals surface area contributed by atoms with Gasteiger partial charge in [-0.05, 0) is 12.5 Å². The fourth-order valence-corrected chi connectivity index (χ4v) is 1.46. The Morgan fingerprint density at radius 1 is 1.47 bits per heavy atom. The van der Waals surface area contributed by atoms with E-state index in [0.29, 0.717) is 5.56 Å². The van der Waals surface area contributed by atoms with Gasteiger partial charge < -0.3 is 10.0 Å². The molecule has 102 valence electrons. The third-order valence-electron chi connectivity index (χ3n) is 2.81. The molecule has 0 aliphatic carbocycles. The summed E-state index contributed by atoms with van der Waals surface area (Å²) in [6, 6.07) is 4.77. The number of carbonyl (C=O) groups is 2. The van der Waals surface area contributed by atoms with E-state index in [1.54, 1.807) is 6.07 Å². The van der Waals surface area contributed by atoms with Gasteiger partial charge in [-0.25, -0.2) is 4.79 Å². The van der Waals surface area contributed by atoms with Crippen LogP contribution in [-0.4, -0.2) is 39.9 Å². The molecule has 0 radical (unpaired) electrons. The van der Waals surface area contributed by atoms with Gasteiger partial charge in [0.1, 0.15) is 6.04 Å². The van der Waals surface area contributed by atoms with E-state index in [1.807, 2.05) is 0 Å². The molecule has 7 heteroatoms. The molecule has 0 bridgehead atoms. The number of non-ortho nitro benzene ring substituents is 1. The number of nitro groups is 1. The Bertz CT molecular complexity index is 515. The number of nitro benzene ring substituents is 1. The number of carboxylic acid groups (broad SMARTS) is 1. The highest BCUT2D eigenvalue weighted by Gasteiger charge is 2.21. The van der Waals surface area contributed by atoms with Crippen molar-refractivity contribution in [2.45, 2.75) is 19.4 Å². The lowest BCUT2D eigenvalue weighted by Gasteiger charge is -2.21. The second-order valence-electron chi connectivity index (χ2n) is 4.12. The van der Waals surface area contributed by atoms with Crippen LogP contribution in [-0.2, 0) is 16.0 Å². The Morgan fingerprint density at radius 3 is 2.63 bits per heavy atom. The molecule has 1 atom stereocenters. The molecule has 0 aromatic heterocycles. The number of benzene rings is 1. The fourth-order valence-electron chi connectivity index (χ4n) is 1.46. The maximum atomic E-state index is 11.8. The molecular formula is C12H14N2O5. The van der Waals surface area contributed by atoms with E-state index >= 15 is 0 Å². The van der Waals surface area contributed by atoms with Gasteiger partial charge in [0.2, 0.25) is 5.91 Å². The van der Waals surface area contributed by atoms with Gasteiger partial charge in [0.05, 0.1) is 11.3 Å². The van der Waals surface area contributed by atoms with Crippen LogP contribution in [0.5, 0.6) is 0 Å². The molecule has 1 aromatic carbocycles. The summed E-state index contributed by atoms with van der Waals surface area (Å²) < 4.78 is 0. The van der Waals surface area contributed by atoms with Crippen LogP contribution in [0.1, 0.15) is 12.5 Å². The van der Waals surface area contributed by atoms with E-state index < -0.39 is 22.8 Å². The third-order valence-corrected chi connectivity index (χ3v) is 2.81. The number of amides is 1. The minimum Gasteiger partial charge on any atom is -0.480 e. The zero-order valence-electron chi connectivity index (χ0n) is 10.6. The van der Waals surface area contributed by atoms with Gasteiger partial charge in [0.15, 0.2) is 0 Å². The van der Waals surface area contributed by atoms with Crippen molar-refractivity contribution < 1.29 is 19.6 Å². The number of carboxylic acids is 1. The molecule has 1 aromatic rings. The number of hydrogen-bond acceptors (Lipinski definition) is 4. The summed E-state index contributed by atoms with van der Waals surface area (Å²) in [5.74, 6) is -1.51. The molecule has 1 amide bonds. The van der Waals surface area contributed by atoms with Crippen LogP contribution in [0.2, 0.25) is 0 Å². The molecule has 0 aliphatic heterocycles. The summed E-state index contributed by atoms with van der Waals surface area (Å²) in [6.07, 6.45) is -0.0736. The number of rotatable bonds is 5. The van der Waals surface area contributed by atoms with Gasteiger partial charge in [-0.1, -0.05) is 12.1 Å². The van der Waals surface area contributed by atoms with Crippen molar-refractivity contribution in [1.82, 2.24) is 4.90 Å². The van der Waals surface area contributed by atoms with Crippen LogP contribution >= 0.6 is 0 Å². The molecule has 7 nitrogen and oxygen atoms in total. The molecular weight excluding hydrogens is 252 g/mol. The highest BCUT2D eigenvalue weighted by atomic mass is 16.6. The first kappa shape index (κ1) is 14.6. The summed E-state index contributed by atoms with van der Waals surface area (Å²) in [7, 11) is 1.39. The van der Waals surface area contributed by atoms with E-state index in [4.69, 9.17) is 5.11 Å². The first-order chi connectivity index (χ1) is 8.82. The number of likely N-dealkylation sites (N-methyl/N-ethyl adjacent to an activating group) is 1. The molecule has 1 rings (SSSR count). The third kappa shape index (κ3) is 3.77. The molecule has 0 spiro atoms. The maximum absolute atomic E-state index is 11.8. The van der Waals surface area contributed by atoms with Crippen LogP contribution in [0.4, 0.5) is 5.69 Å². The van der Waals surface area contributed by atoms with Gasteiger partial charge in [-0.15, -0.1) is 0 Å². The summed E-state index contributed by atoms with van der Waals surface area (Å²) in [5, 5.41) is 19.4. The fraction of sp³-hybridized carbons (Fsp3) is 0.333. The number of carbonyl (C=O) groups excluding carboxylic acids is 1. The van der Waals surface area contributed by atoms with Crippen LogP contribution in [0.3, 0.4) is 0 Å². The molecule has 0 saturated heterocycles. The van der Waals surface area contributed by atoms with Crippen molar-refractivity contribution in [2.24, 2.45) is 0 Å². The summed E-state index contributed by atoms with van der Waals surface area (Å²) >= 11 is 0. The second kappa shape index (κ2) is 5.94. The first-order valence-corrected chi connectivity index (χ1v) is 5.54. The van der Waals surface area contributed by atoms with E-state index in [9.17, 15) is 19.7 Å². The van der Waals surface area contributed by atoms with E-state index in [-0.39, 0.29) is 12.1 Å².